The molecule has 1 saturated heterocycles. The van der Waals surface area contributed by atoms with E-state index in [-0.39, 0.29) is 24.1 Å². The summed E-state index contributed by atoms with van der Waals surface area (Å²) in [6.07, 6.45) is 3.01. The molecule has 8 heteroatoms. The first-order valence-electron chi connectivity index (χ1n) is 8.68. The van der Waals surface area contributed by atoms with E-state index in [1.54, 1.807) is 19.1 Å². The van der Waals surface area contributed by atoms with Gasteiger partial charge in [-0.25, -0.2) is 4.39 Å². The lowest BCUT2D eigenvalue weighted by Crippen LogP contribution is -2.38. The van der Waals surface area contributed by atoms with Gasteiger partial charge in [0, 0.05) is 24.9 Å². The lowest BCUT2D eigenvalue weighted by molar-refractivity contribution is -0.121. The Labute approximate surface area is 158 Å². The predicted octanol–water partition coefficient (Wildman–Crippen LogP) is 2.65. The molecule has 26 heavy (non-hydrogen) atoms. The Hall–Kier alpha value is -1.99. The Morgan fingerprint density at radius 3 is 3.04 bits per heavy atom. The number of hydrogen-bond donors (Lipinski definition) is 2. The molecule has 0 radical (unpaired) electrons. The van der Waals surface area contributed by atoms with Crippen LogP contribution in [0.4, 0.5) is 4.39 Å². The molecule has 1 aromatic heterocycles. The van der Waals surface area contributed by atoms with Gasteiger partial charge in [0.2, 0.25) is 17.6 Å². The van der Waals surface area contributed by atoms with Crippen LogP contribution >= 0.6 is 12.4 Å². The zero-order chi connectivity index (χ0) is 17.6. The minimum atomic E-state index is -0.266. The standard InChI is InChI=1S/C18H23FN4O2.ClH/c1-12-9-14(4-5-15(12)19)18-22-17(25-23-18)7-6-16(24)21-11-13-3-2-8-20-10-13;/h4-5,9,13,20H,2-3,6-8,10-11H2,1H3,(H,21,24);1H. The summed E-state index contributed by atoms with van der Waals surface area (Å²) in [5, 5.41) is 10.2. The van der Waals surface area contributed by atoms with E-state index < -0.39 is 0 Å². The van der Waals surface area contributed by atoms with E-state index >= 15 is 0 Å². The maximum atomic E-state index is 13.3. The molecule has 0 bridgehead atoms. The van der Waals surface area contributed by atoms with Crippen LogP contribution in [0.15, 0.2) is 22.7 Å². The molecule has 1 aromatic carbocycles. The van der Waals surface area contributed by atoms with Crippen LogP contribution in [0.1, 0.15) is 30.7 Å². The average Bonchev–Trinajstić information content (AvgIpc) is 3.10. The molecule has 1 amide bonds. The zero-order valence-electron chi connectivity index (χ0n) is 14.8. The highest BCUT2D eigenvalue weighted by molar-refractivity contribution is 5.85. The highest BCUT2D eigenvalue weighted by Crippen LogP contribution is 2.19. The fraction of sp³-hybridized carbons (Fsp3) is 0.500. The summed E-state index contributed by atoms with van der Waals surface area (Å²) < 4.78 is 18.5. The molecule has 0 spiro atoms. The van der Waals surface area contributed by atoms with E-state index in [4.69, 9.17) is 4.52 Å². The number of benzene rings is 1. The van der Waals surface area contributed by atoms with Gasteiger partial charge in [0.25, 0.3) is 0 Å². The number of aryl methyl sites for hydroxylation is 2. The minimum Gasteiger partial charge on any atom is -0.356 e. The molecule has 1 atom stereocenters. The number of nitrogens with zero attached hydrogens (tertiary/aromatic N) is 2. The number of nitrogens with one attached hydrogen (secondary N) is 2. The van der Waals surface area contributed by atoms with Crippen LogP contribution in [0.25, 0.3) is 11.4 Å². The molecule has 6 nitrogen and oxygen atoms in total. The molecule has 2 N–H and O–H groups in total. The van der Waals surface area contributed by atoms with Crippen LogP contribution < -0.4 is 10.6 Å². The lowest BCUT2D eigenvalue weighted by Gasteiger charge is -2.22. The van der Waals surface area contributed by atoms with E-state index in [9.17, 15) is 9.18 Å². The Bertz CT molecular complexity index is 732. The van der Waals surface area contributed by atoms with Crippen LogP contribution in [0.2, 0.25) is 0 Å². The van der Waals surface area contributed by atoms with Crippen LogP contribution in [0.5, 0.6) is 0 Å². The predicted molar refractivity (Wildman–Crippen MR) is 98.6 cm³/mol. The highest BCUT2D eigenvalue weighted by atomic mass is 35.5. The van der Waals surface area contributed by atoms with Crippen molar-refractivity contribution in [2.24, 2.45) is 5.92 Å². The van der Waals surface area contributed by atoms with Crippen LogP contribution in [-0.4, -0.2) is 35.7 Å². The largest absolute Gasteiger partial charge is 0.356 e. The molecule has 0 aliphatic carbocycles. The molecule has 2 heterocycles. The number of hydrogen-bond acceptors (Lipinski definition) is 5. The lowest BCUT2D eigenvalue weighted by atomic mass is 10.00. The molecule has 1 aliphatic rings. The monoisotopic (exact) mass is 382 g/mol. The fourth-order valence-corrected chi connectivity index (χ4v) is 2.92. The van der Waals surface area contributed by atoms with Crippen molar-refractivity contribution in [1.82, 2.24) is 20.8 Å². The topological polar surface area (TPSA) is 80.0 Å². The minimum absolute atomic E-state index is 0. The van der Waals surface area contributed by atoms with Crippen LogP contribution in [0, 0.1) is 18.7 Å². The first kappa shape index (κ1) is 20.3. The number of piperidine rings is 1. The molecule has 1 unspecified atom stereocenters. The third-order valence-electron chi connectivity index (χ3n) is 4.44. The third kappa shape index (κ3) is 5.51. The Kier molecular flexibility index (Phi) is 7.53. The van der Waals surface area contributed by atoms with Crippen molar-refractivity contribution in [3.05, 3.63) is 35.5 Å². The molecular weight excluding hydrogens is 359 g/mol. The second kappa shape index (κ2) is 9.64. The van der Waals surface area contributed by atoms with E-state index in [1.807, 2.05) is 0 Å². The fourth-order valence-electron chi connectivity index (χ4n) is 2.92. The van der Waals surface area contributed by atoms with Gasteiger partial charge >= 0.3 is 0 Å². The first-order valence-corrected chi connectivity index (χ1v) is 8.68. The molecule has 1 aliphatic heterocycles. The van der Waals surface area contributed by atoms with Gasteiger partial charge in [-0.2, -0.15) is 4.98 Å². The summed E-state index contributed by atoms with van der Waals surface area (Å²) in [5.41, 5.74) is 1.23. The molecule has 0 saturated carbocycles. The number of carbonyl (C=O) groups excluding carboxylic acids is 1. The first-order chi connectivity index (χ1) is 12.1. The summed E-state index contributed by atoms with van der Waals surface area (Å²) >= 11 is 0. The van der Waals surface area contributed by atoms with Gasteiger partial charge in [-0.15, -0.1) is 12.4 Å². The molecule has 3 rings (SSSR count). The van der Waals surface area contributed by atoms with Gasteiger partial charge in [-0.3, -0.25) is 4.79 Å². The number of halogens is 2. The average molecular weight is 383 g/mol. The zero-order valence-corrected chi connectivity index (χ0v) is 15.6. The highest BCUT2D eigenvalue weighted by Gasteiger charge is 2.15. The second-order valence-electron chi connectivity index (χ2n) is 6.49. The molecular formula is C18H24ClFN4O2. The molecule has 142 valence electrons. The van der Waals surface area contributed by atoms with Crippen molar-refractivity contribution in [2.75, 3.05) is 19.6 Å². The van der Waals surface area contributed by atoms with Crippen molar-refractivity contribution >= 4 is 18.3 Å². The second-order valence-corrected chi connectivity index (χ2v) is 6.49. The van der Waals surface area contributed by atoms with Gasteiger partial charge < -0.3 is 15.2 Å². The molecule has 1 fully saturated rings. The smallest absolute Gasteiger partial charge is 0.227 e. The van der Waals surface area contributed by atoms with E-state index in [0.29, 0.717) is 48.1 Å². The summed E-state index contributed by atoms with van der Waals surface area (Å²) in [7, 11) is 0. The Balaban J connectivity index is 0.00000243. The van der Waals surface area contributed by atoms with E-state index in [0.717, 1.165) is 25.9 Å². The summed E-state index contributed by atoms with van der Waals surface area (Å²) in [6, 6.07) is 4.67. The van der Waals surface area contributed by atoms with Gasteiger partial charge in [-0.1, -0.05) is 5.16 Å². The van der Waals surface area contributed by atoms with Crippen LogP contribution in [-0.2, 0) is 11.2 Å². The van der Waals surface area contributed by atoms with Crippen molar-refractivity contribution in [3.63, 3.8) is 0 Å². The normalized spacial score (nSPS) is 16.8. The Morgan fingerprint density at radius 2 is 2.31 bits per heavy atom. The Morgan fingerprint density at radius 1 is 1.46 bits per heavy atom. The molecule has 2 aromatic rings. The summed E-state index contributed by atoms with van der Waals surface area (Å²) in [4.78, 5) is 16.2. The maximum absolute atomic E-state index is 13.3. The summed E-state index contributed by atoms with van der Waals surface area (Å²) in [6.45, 7) is 4.42. The SMILES string of the molecule is Cc1cc(-c2noc(CCC(=O)NCC3CCCNC3)n2)ccc1F.Cl. The van der Waals surface area contributed by atoms with Crippen molar-refractivity contribution in [1.29, 1.82) is 0 Å². The number of amides is 1. The van der Waals surface area contributed by atoms with Gasteiger partial charge in [0.05, 0.1) is 0 Å². The van der Waals surface area contributed by atoms with Crippen molar-refractivity contribution in [3.8, 4) is 11.4 Å². The quantitative estimate of drug-likeness (QED) is 0.802. The van der Waals surface area contributed by atoms with E-state index in [2.05, 4.69) is 20.8 Å². The van der Waals surface area contributed by atoms with Gasteiger partial charge in [0.15, 0.2) is 0 Å². The third-order valence-corrected chi connectivity index (χ3v) is 4.44. The maximum Gasteiger partial charge on any atom is 0.227 e. The van der Waals surface area contributed by atoms with Gasteiger partial charge in [-0.05, 0) is 62.5 Å². The number of rotatable bonds is 6. The van der Waals surface area contributed by atoms with Gasteiger partial charge in [0.1, 0.15) is 5.82 Å². The number of carbonyl (C=O) groups is 1. The van der Waals surface area contributed by atoms with Crippen molar-refractivity contribution in [2.45, 2.75) is 32.6 Å². The van der Waals surface area contributed by atoms with Crippen LogP contribution in [0.3, 0.4) is 0 Å². The summed E-state index contributed by atoms with van der Waals surface area (Å²) in [5.74, 6) is 1.05. The van der Waals surface area contributed by atoms with Crippen molar-refractivity contribution < 1.29 is 13.7 Å². The number of aromatic nitrogens is 2. The van der Waals surface area contributed by atoms with E-state index in [1.165, 1.54) is 6.07 Å².